The smallest absolute Gasteiger partial charge is 0.239 e. The van der Waals surface area contributed by atoms with Gasteiger partial charge in [0.15, 0.2) is 0 Å². The highest BCUT2D eigenvalue weighted by Crippen LogP contribution is 2.29. The van der Waals surface area contributed by atoms with Crippen LogP contribution in [0.5, 0.6) is 0 Å². The number of piperazine rings is 1. The van der Waals surface area contributed by atoms with Gasteiger partial charge in [-0.15, -0.1) is 0 Å². The maximum Gasteiger partial charge on any atom is 0.239 e. The predicted molar refractivity (Wildman–Crippen MR) is 93.9 cm³/mol. The van der Waals surface area contributed by atoms with Crippen molar-refractivity contribution in [3.05, 3.63) is 34.9 Å². The van der Waals surface area contributed by atoms with Crippen LogP contribution in [-0.2, 0) is 16.0 Å². The van der Waals surface area contributed by atoms with Gasteiger partial charge in [0.05, 0.1) is 13.1 Å². The normalized spacial score (nSPS) is 17.9. The number of amides is 2. The van der Waals surface area contributed by atoms with Gasteiger partial charge in [-0.05, 0) is 42.9 Å². The first-order valence-corrected chi connectivity index (χ1v) is 8.99. The highest BCUT2D eigenvalue weighted by molar-refractivity contribution is 6.30. The van der Waals surface area contributed by atoms with Gasteiger partial charge in [-0.25, -0.2) is 0 Å². The second-order valence-corrected chi connectivity index (χ2v) is 7.16. The zero-order valence-corrected chi connectivity index (χ0v) is 14.6. The Balaban J connectivity index is 1.53. The van der Waals surface area contributed by atoms with Gasteiger partial charge in [0, 0.05) is 31.2 Å². The van der Waals surface area contributed by atoms with Crippen molar-refractivity contribution in [2.24, 2.45) is 5.92 Å². The molecule has 1 N–H and O–H groups in total. The van der Waals surface area contributed by atoms with E-state index in [9.17, 15) is 9.59 Å². The Morgan fingerprint density at radius 3 is 2.71 bits per heavy atom. The first kappa shape index (κ1) is 17.2. The molecule has 1 aromatic carbocycles. The summed E-state index contributed by atoms with van der Waals surface area (Å²) < 4.78 is 0. The van der Waals surface area contributed by atoms with E-state index in [2.05, 4.69) is 10.2 Å². The molecular formula is C18H24ClN3O2. The second kappa shape index (κ2) is 7.99. The van der Waals surface area contributed by atoms with E-state index >= 15 is 0 Å². The van der Waals surface area contributed by atoms with E-state index < -0.39 is 0 Å². The van der Waals surface area contributed by atoms with Crippen molar-refractivity contribution in [1.82, 2.24) is 15.1 Å². The van der Waals surface area contributed by atoms with E-state index in [0.717, 1.165) is 30.5 Å². The SMILES string of the molecule is O=C1CN(C(=O)CN(CCc2ccc(Cl)cc2)CC2CC2)CCN1. The van der Waals surface area contributed by atoms with Crippen molar-refractivity contribution in [2.45, 2.75) is 19.3 Å². The molecule has 5 nitrogen and oxygen atoms in total. The summed E-state index contributed by atoms with van der Waals surface area (Å²) in [5, 5.41) is 3.50. The molecular weight excluding hydrogens is 326 g/mol. The van der Waals surface area contributed by atoms with Crippen LogP contribution in [-0.4, -0.2) is 60.9 Å². The molecule has 0 bridgehead atoms. The fraction of sp³-hybridized carbons (Fsp3) is 0.556. The fourth-order valence-electron chi connectivity index (χ4n) is 2.98. The van der Waals surface area contributed by atoms with Crippen LogP contribution in [0.2, 0.25) is 5.02 Å². The van der Waals surface area contributed by atoms with Gasteiger partial charge in [0.1, 0.15) is 0 Å². The van der Waals surface area contributed by atoms with Crippen molar-refractivity contribution >= 4 is 23.4 Å². The van der Waals surface area contributed by atoms with Crippen LogP contribution < -0.4 is 5.32 Å². The first-order chi connectivity index (χ1) is 11.6. The summed E-state index contributed by atoms with van der Waals surface area (Å²) in [6.07, 6.45) is 3.42. The minimum Gasteiger partial charge on any atom is -0.353 e. The standard InChI is InChI=1S/C18H24ClN3O2/c19-16-5-3-14(4-6-16)7-9-21(11-15-1-2-15)13-18(24)22-10-8-20-17(23)12-22/h3-6,15H,1-2,7-13H2,(H,20,23). The molecule has 0 unspecified atom stereocenters. The molecule has 0 spiro atoms. The molecule has 1 aliphatic heterocycles. The molecule has 3 rings (SSSR count). The molecule has 1 saturated carbocycles. The van der Waals surface area contributed by atoms with Crippen LogP contribution in [0.15, 0.2) is 24.3 Å². The van der Waals surface area contributed by atoms with Crippen molar-refractivity contribution in [3.63, 3.8) is 0 Å². The van der Waals surface area contributed by atoms with Gasteiger partial charge in [-0.3, -0.25) is 14.5 Å². The highest BCUT2D eigenvalue weighted by atomic mass is 35.5. The third-order valence-corrected chi connectivity index (χ3v) is 4.85. The number of halogens is 1. The Labute approximate surface area is 147 Å². The molecule has 0 radical (unpaired) electrons. The van der Waals surface area contributed by atoms with Crippen molar-refractivity contribution in [1.29, 1.82) is 0 Å². The quantitative estimate of drug-likeness (QED) is 0.812. The first-order valence-electron chi connectivity index (χ1n) is 8.61. The molecule has 6 heteroatoms. The fourth-order valence-corrected chi connectivity index (χ4v) is 3.11. The van der Waals surface area contributed by atoms with E-state index in [1.54, 1.807) is 4.90 Å². The number of nitrogens with zero attached hydrogens (tertiary/aromatic N) is 2. The number of hydrogen-bond acceptors (Lipinski definition) is 3. The lowest BCUT2D eigenvalue weighted by Gasteiger charge is -2.30. The number of hydrogen-bond donors (Lipinski definition) is 1. The Hall–Kier alpha value is -1.59. The maximum atomic E-state index is 12.5. The average molecular weight is 350 g/mol. The summed E-state index contributed by atoms with van der Waals surface area (Å²) >= 11 is 5.92. The van der Waals surface area contributed by atoms with E-state index in [1.165, 1.54) is 18.4 Å². The van der Waals surface area contributed by atoms with Gasteiger partial charge < -0.3 is 10.2 Å². The molecule has 24 heavy (non-hydrogen) atoms. The minimum absolute atomic E-state index is 0.0570. The third kappa shape index (κ3) is 5.21. The minimum atomic E-state index is -0.0653. The molecule has 2 aliphatic rings. The number of benzene rings is 1. The van der Waals surface area contributed by atoms with Crippen LogP contribution in [0, 0.1) is 5.92 Å². The van der Waals surface area contributed by atoms with Crippen molar-refractivity contribution < 1.29 is 9.59 Å². The third-order valence-electron chi connectivity index (χ3n) is 4.59. The van der Waals surface area contributed by atoms with E-state index in [-0.39, 0.29) is 18.4 Å². The number of carbonyl (C=O) groups excluding carboxylic acids is 2. The second-order valence-electron chi connectivity index (χ2n) is 6.72. The van der Waals surface area contributed by atoms with Gasteiger partial charge in [-0.2, -0.15) is 0 Å². The molecule has 130 valence electrons. The summed E-state index contributed by atoms with van der Waals surface area (Å²) in [4.78, 5) is 27.9. The van der Waals surface area contributed by atoms with E-state index in [1.807, 2.05) is 24.3 Å². The number of rotatable bonds is 7. The van der Waals surface area contributed by atoms with Crippen LogP contribution in [0.1, 0.15) is 18.4 Å². The molecule has 1 aromatic rings. The van der Waals surface area contributed by atoms with Crippen LogP contribution in [0.3, 0.4) is 0 Å². The lowest BCUT2D eigenvalue weighted by Crippen LogP contribution is -2.52. The van der Waals surface area contributed by atoms with Gasteiger partial charge in [0.2, 0.25) is 11.8 Å². The largest absolute Gasteiger partial charge is 0.353 e. The van der Waals surface area contributed by atoms with Crippen LogP contribution in [0.4, 0.5) is 0 Å². The average Bonchev–Trinajstić information content (AvgIpc) is 3.38. The van der Waals surface area contributed by atoms with Gasteiger partial charge in [-0.1, -0.05) is 23.7 Å². The molecule has 2 amide bonds. The highest BCUT2D eigenvalue weighted by Gasteiger charge is 2.27. The van der Waals surface area contributed by atoms with E-state index in [0.29, 0.717) is 19.6 Å². The number of carbonyl (C=O) groups is 2. The number of nitrogens with one attached hydrogen (secondary N) is 1. The zero-order chi connectivity index (χ0) is 16.9. The summed E-state index contributed by atoms with van der Waals surface area (Å²) in [6.45, 7) is 3.57. The Morgan fingerprint density at radius 1 is 1.29 bits per heavy atom. The van der Waals surface area contributed by atoms with Crippen LogP contribution >= 0.6 is 11.6 Å². The van der Waals surface area contributed by atoms with Crippen molar-refractivity contribution in [3.8, 4) is 0 Å². The van der Waals surface area contributed by atoms with Gasteiger partial charge in [0.25, 0.3) is 0 Å². The molecule has 0 aromatic heterocycles. The molecule has 1 aliphatic carbocycles. The summed E-state index contributed by atoms with van der Waals surface area (Å²) in [5.41, 5.74) is 1.23. The molecule has 1 heterocycles. The van der Waals surface area contributed by atoms with E-state index in [4.69, 9.17) is 11.6 Å². The Bertz CT molecular complexity index is 586. The maximum absolute atomic E-state index is 12.5. The lowest BCUT2D eigenvalue weighted by molar-refractivity contribution is -0.139. The predicted octanol–water partition coefficient (Wildman–Crippen LogP) is 1.55. The topological polar surface area (TPSA) is 52.7 Å². The summed E-state index contributed by atoms with van der Waals surface area (Å²) in [6, 6.07) is 7.88. The van der Waals surface area contributed by atoms with Gasteiger partial charge >= 0.3 is 0 Å². The summed E-state index contributed by atoms with van der Waals surface area (Å²) in [7, 11) is 0. The Morgan fingerprint density at radius 2 is 2.04 bits per heavy atom. The summed E-state index contributed by atoms with van der Waals surface area (Å²) in [5.74, 6) is 0.721. The molecule has 2 fully saturated rings. The van der Waals surface area contributed by atoms with Crippen molar-refractivity contribution in [2.75, 3.05) is 39.3 Å². The Kier molecular flexibility index (Phi) is 5.74. The zero-order valence-electron chi connectivity index (χ0n) is 13.8. The monoisotopic (exact) mass is 349 g/mol. The molecule has 1 saturated heterocycles. The van der Waals surface area contributed by atoms with Crippen LogP contribution in [0.25, 0.3) is 0 Å². The lowest BCUT2D eigenvalue weighted by atomic mass is 10.1. The molecule has 0 atom stereocenters.